The van der Waals surface area contributed by atoms with Gasteiger partial charge in [0.25, 0.3) is 0 Å². The molecule has 0 bridgehead atoms. The fourth-order valence-corrected chi connectivity index (χ4v) is 1.55. The van der Waals surface area contributed by atoms with Crippen LogP contribution in [0.4, 0.5) is 0 Å². The maximum Gasteiger partial charge on any atom is 0.114 e. The molecular formula is C11H16N2O. The second-order valence-electron chi connectivity index (χ2n) is 3.51. The lowest BCUT2D eigenvalue weighted by Crippen LogP contribution is -2.19. The fourth-order valence-electron chi connectivity index (χ4n) is 1.55. The molecular weight excluding hydrogens is 176 g/mol. The number of nitriles is 1. The summed E-state index contributed by atoms with van der Waals surface area (Å²) < 4.78 is 5.07. The van der Waals surface area contributed by atoms with Gasteiger partial charge in [-0.25, -0.2) is 0 Å². The summed E-state index contributed by atoms with van der Waals surface area (Å²) in [5, 5.41) is 9.11. The molecule has 1 aliphatic rings. The number of nitrogens with zero attached hydrogens (tertiary/aromatic N) is 1. The highest BCUT2D eigenvalue weighted by Gasteiger charge is 2.27. The topological polar surface area (TPSA) is 59.0 Å². The van der Waals surface area contributed by atoms with Gasteiger partial charge in [0, 0.05) is 0 Å². The lowest BCUT2D eigenvalue weighted by Gasteiger charge is -2.24. The molecule has 0 aromatic heterocycles. The van der Waals surface area contributed by atoms with E-state index >= 15 is 0 Å². The third kappa shape index (κ3) is 2.36. The first-order valence-corrected chi connectivity index (χ1v) is 4.81. The number of hydrogen-bond donors (Lipinski definition) is 1. The summed E-state index contributed by atoms with van der Waals surface area (Å²) in [6.07, 6.45) is 8.19. The number of rotatable bonds is 4. The third-order valence-corrected chi connectivity index (χ3v) is 2.52. The second kappa shape index (κ2) is 4.83. The highest BCUT2D eigenvalue weighted by molar-refractivity contribution is 5.27. The van der Waals surface area contributed by atoms with Crippen molar-refractivity contribution in [2.24, 2.45) is 11.1 Å². The minimum atomic E-state index is -0.360. The molecule has 14 heavy (non-hydrogen) atoms. The van der Waals surface area contributed by atoms with Gasteiger partial charge in [-0.1, -0.05) is 6.08 Å². The minimum absolute atomic E-state index is 0.360. The summed E-state index contributed by atoms with van der Waals surface area (Å²) in [5.41, 5.74) is 5.08. The average Bonchev–Trinajstić information content (AvgIpc) is 2.27. The molecule has 0 saturated carbocycles. The molecule has 1 aliphatic carbocycles. The first-order valence-electron chi connectivity index (χ1n) is 4.81. The van der Waals surface area contributed by atoms with Crippen LogP contribution in [0, 0.1) is 16.7 Å². The van der Waals surface area contributed by atoms with Gasteiger partial charge >= 0.3 is 0 Å². The Kier molecular flexibility index (Phi) is 3.73. The van der Waals surface area contributed by atoms with Crippen LogP contribution in [-0.4, -0.2) is 13.7 Å². The normalized spacial score (nSPS) is 25.4. The molecule has 1 rings (SSSR count). The van der Waals surface area contributed by atoms with Gasteiger partial charge in [-0.15, -0.1) is 0 Å². The third-order valence-electron chi connectivity index (χ3n) is 2.52. The number of nitrogens with two attached hydrogens (primary N) is 1. The lowest BCUT2D eigenvalue weighted by atomic mass is 9.79. The molecule has 0 aliphatic heterocycles. The van der Waals surface area contributed by atoms with Crippen LogP contribution in [0.2, 0.25) is 0 Å². The molecule has 1 atom stereocenters. The van der Waals surface area contributed by atoms with Gasteiger partial charge in [-0.05, 0) is 38.0 Å². The van der Waals surface area contributed by atoms with Gasteiger partial charge in [0.15, 0.2) is 0 Å². The van der Waals surface area contributed by atoms with E-state index in [1.54, 1.807) is 7.11 Å². The van der Waals surface area contributed by atoms with Gasteiger partial charge in [0.2, 0.25) is 0 Å². The van der Waals surface area contributed by atoms with E-state index in [0.29, 0.717) is 6.54 Å². The molecule has 0 aromatic carbocycles. The Labute approximate surface area is 84.8 Å². The van der Waals surface area contributed by atoms with Crippen LogP contribution >= 0.6 is 0 Å². The SMILES string of the molecule is COC1=CC[C@](C#N)(CCCN)C=C1. The summed E-state index contributed by atoms with van der Waals surface area (Å²) in [6, 6.07) is 2.35. The van der Waals surface area contributed by atoms with E-state index in [0.717, 1.165) is 25.0 Å². The minimum Gasteiger partial charge on any atom is -0.497 e. The van der Waals surface area contributed by atoms with E-state index < -0.39 is 0 Å². The quantitative estimate of drug-likeness (QED) is 0.737. The molecule has 0 amide bonds. The molecule has 0 fully saturated rings. The first-order chi connectivity index (χ1) is 6.76. The first kappa shape index (κ1) is 10.8. The Bertz CT molecular complexity index is 288. The summed E-state index contributed by atoms with van der Waals surface area (Å²) in [6.45, 7) is 0.637. The Morgan fingerprint density at radius 1 is 1.71 bits per heavy atom. The summed E-state index contributed by atoms with van der Waals surface area (Å²) in [5.74, 6) is 0.837. The molecule has 0 unspecified atom stereocenters. The summed E-state index contributed by atoms with van der Waals surface area (Å²) >= 11 is 0. The Morgan fingerprint density at radius 3 is 2.93 bits per heavy atom. The Hall–Kier alpha value is -1.27. The molecule has 0 saturated heterocycles. The standard InChI is InChI=1S/C11H16N2O/c1-14-10-3-6-11(9-13,7-4-10)5-2-8-12/h3-4,6H,2,5,7-8,12H2,1H3/t11-/m0/s1. The van der Waals surface area contributed by atoms with Gasteiger partial charge in [-0.3, -0.25) is 0 Å². The van der Waals surface area contributed by atoms with E-state index in [1.807, 2.05) is 18.2 Å². The molecule has 0 spiro atoms. The molecule has 0 heterocycles. The van der Waals surface area contributed by atoms with Crippen molar-refractivity contribution in [3.8, 4) is 6.07 Å². The van der Waals surface area contributed by atoms with Crippen molar-refractivity contribution in [2.75, 3.05) is 13.7 Å². The zero-order valence-electron chi connectivity index (χ0n) is 8.49. The van der Waals surface area contributed by atoms with E-state index in [2.05, 4.69) is 6.07 Å². The van der Waals surface area contributed by atoms with E-state index in [-0.39, 0.29) is 5.41 Å². The number of allylic oxidation sites excluding steroid dienone is 3. The van der Waals surface area contributed by atoms with E-state index in [4.69, 9.17) is 15.7 Å². The highest BCUT2D eigenvalue weighted by Crippen LogP contribution is 2.33. The number of methoxy groups -OCH3 is 1. The zero-order valence-corrected chi connectivity index (χ0v) is 8.49. The van der Waals surface area contributed by atoms with Crippen molar-refractivity contribution < 1.29 is 4.74 Å². The maximum absolute atomic E-state index is 9.11. The van der Waals surface area contributed by atoms with Crippen molar-refractivity contribution in [2.45, 2.75) is 19.3 Å². The van der Waals surface area contributed by atoms with Crippen LogP contribution in [0.5, 0.6) is 0 Å². The van der Waals surface area contributed by atoms with Crippen LogP contribution in [0.1, 0.15) is 19.3 Å². The molecule has 3 heteroatoms. The van der Waals surface area contributed by atoms with E-state index in [1.165, 1.54) is 0 Å². The summed E-state index contributed by atoms with van der Waals surface area (Å²) in [4.78, 5) is 0. The fraction of sp³-hybridized carbons (Fsp3) is 0.545. The van der Waals surface area contributed by atoms with Crippen LogP contribution in [0.25, 0.3) is 0 Å². The van der Waals surface area contributed by atoms with Crippen molar-refractivity contribution in [3.63, 3.8) is 0 Å². The van der Waals surface area contributed by atoms with Crippen LogP contribution < -0.4 is 5.73 Å². The van der Waals surface area contributed by atoms with Crippen molar-refractivity contribution in [3.05, 3.63) is 24.0 Å². The van der Waals surface area contributed by atoms with E-state index in [9.17, 15) is 0 Å². The van der Waals surface area contributed by atoms with Gasteiger partial charge in [-0.2, -0.15) is 5.26 Å². The molecule has 0 aromatic rings. The Morgan fingerprint density at radius 2 is 2.50 bits per heavy atom. The van der Waals surface area contributed by atoms with Gasteiger partial charge in [0.1, 0.15) is 5.76 Å². The number of hydrogen-bond acceptors (Lipinski definition) is 3. The average molecular weight is 192 g/mol. The molecule has 2 N–H and O–H groups in total. The molecule has 0 radical (unpaired) electrons. The maximum atomic E-state index is 9.11. The van der Waals surface area contributed by atoms with Crippen molar-refractivity contribution in [1.29, 1.82) is 5.26 Å². The molecule has 3 nitrogen and oxygen atoms in total. The van der Waals surface area contributed by atoms with Crippen molar-refractivity contribution in [1.82, 2.24) is 0 Å². The van der Waals surface area contributed by atoms with Crippen molar-refractivity contribution >= 4 is 0 Å². The van der Waals surface area contributed by atoms with Crippen LogP contribution in [-0.2, 0) is 4.74 Å². The van der Waals surface area contributed by atoms with Crippen LogP contribution in [0.15, 0.2) is 24.0 Å². The molecule has 76 valence electrons. The largest absolute Gasteiger partial charge is 0.497 e. The predicted octanol–water partition coefficient (Wildman–Crippen LogP) is 1.73. The number of ether oxygens (including phenoxy) is 1. The van der Waals surface area contributed by atoms with Gasteiger partial charge < -0.3 is 10.5 Å². The second-order valence-corrected chi connectivity index (χ2v) is 3.51. The Balaban J connectivity index is 2.64. The predicted molar refractivity (Wildman–Crippen MR) is 55.2 cm³/mol. The summed E-state index contributed by atoms with van der Waals surface area (Å²) in [7, 11) is 1.63. The van der Waals surface area contributed by atoms with Crippen LogP contribution in [0.3, 0.4) is 0 Å². The smallest absolute Gasteiger partial charge is 0.114 e. The zero-order chi connectivity index (χ0) is 10.4. The highest BCUT2D eigenvalue weighted by atomic mass is 16.5. The lowest BCUT2D eigenvalue weighted by molar-refractivity contribution is 0.296. The monoisotopic (exact) mass is 192 g/mol. The van der Waals surface area contributed by atoms with Gasteiger partial charge in [0.05, 0.1) is 18.6 Å².